The zero-order chi connectivity index (χ0) is 12.3. The van der Waals surface area contributed by atoms with Gasteiger partial charge in [-0.25, -0.2) is 9.78 Å². The molecule has 2 heterocycles. The molecule has 0 bridgehead atoms. The number of pyridine rings is 1. The maximum atomic E-state index is 11.7. The fourth-order valence-electron chi connectivity index (χ4n) is 2.28. The highest BCUT2D eigenvalue weighted by atomic mass is 16.5. The van der Waals surface area contributed by atoms with Crippen LogP contribution in [0.1, 0.15) is 25.0 Å². The van der Waals surface area contributed by atoms with Crippen LogP contribution in [-0.4, -0.2) is 30.6 Å². The summed E-state index contributed by atoms with van der Waals surface area (Å²) in [7, 11) is 1.44. The summed E-state index contributed by atoms with van der Waals surface area (Å²) < 4.78 is 4.86. The van der Waals surface area contributed by atoms with Crippen molar-refractivity contribution in [1.29, 1.82) is 0 Å². The third-order valence-corrected chi connectivity index (χ3v) is 3.14. The summed E-state index contributed by atoms with van der Waals surface area (Å²) in [5, 5.41) is 0. The van der Waals surface area contributed by atoms with Crippen LogP contribution in [0.5, 0.6) is 0 Å². The quantitative estimate of drug-likeness (QED) is 0.733. The lowest BCUT2D eigenvalue weighted by molar-refractivity contribution is -0.142. The van der Waals surface area contributed by atoms with Crippen molar-refractivity contribution < 1.29 is 9.53 Å². The molecule has 4 heteroatoms. The highest BCUT2D eigenvalue weighted by Gasteiger charge is 2.30. The van der Waals surface area contributed by atoms with Crippen molar-refractivity contribution in [2.45, 2.75) is 32.2 Å². The molecule has 0 aliphatic carbocycles. The molecule has 0 radical (unpaired) electrons. The number of carbonyl (C=O) groups is 1. The van der Waals surface area contributed by atoms with Crippen molar-refractivity contribution in [3.63, 3.8) is 0 Å². The molecule has 1 aromatic heterocycles. The zero-order valence-corrected chi connectivity index (χ0v) is 10.3. The average Bonchev–Trinajstić information content (AvgIpc) is 2.38. The second kappa shape index (κ2) is 5.17. The molecule has 1 fully saturated rings. The largest absolute Gasteiger partial charge is 0.467 e. The fourth-order valence-corrected chi connectivity index (χ4v) is 2.28. The van der Waals surface area contributed by atoms with Crippen LogP contribution >= 0.6 is 0 Å². The Hall–Kier alpha value is -1.58. The lowest BCUT2D eigenvalue weighted by atomic mass is 10.0. The predicted molar refractivity (Wildman–Crippen MR) is 66.0 cm³/mol. The Balaban J connectivity index is 2.24. The Morgan fingerprint density at radius 2 is 2.29 bits per heavy atom. The number of nitrogens with zero attached hydrogens (tertiary/aromatic N) is 2. The van der Waals surface area contributed by atoms with Gasteiger partial charge in [0.05, 0.1) is 7.11 Å². The molecule has 1 aromatic rings. The number of aromatic nitrogens is 1. The van der Waals surface area contributed by atoms with Crippen molar-refractivity contribution in [2.24, 2.45) is 0 Å². The van der Waals surface area contributed by atoms with Crippen molar-refractivity contribution in [3.05, 3.63) is 23.9 Å². The molecule has 1 atom stereocenters. The molecule has 1 unspecified atom stereocenters. The van der Waals surface area contributed by atoms with E-state index >= 15 is 0 Å². The number of anilines is 1. The summed E-state index contributed by atoms with van der Waals surface area (Å²) in [6, 6.07) is 5.71. The van der Waals surface area contributed by atoms with Gasteiger partial charge in [0.15, 0.2) is 0 Å². The number of ether oxygens (including phenoxy) is 1. The van der Waals surface area contributed by atoms with Crippen molar-refractivity contribution >= 4 is 11.8 Å². The summed E-state index contributed by atoms with van der Waals surface area (Å²) in [5.74, 6) is 0.716. The zero-order valence-electron chi connectivity index (χ0n) is 10.3. The number of aryl methyl sites for hydroxylation is 1. The van der Waals surface area contributed by atoms with E-state index in [-0.39, 0.29) is 12.0 Å². The van der Waals surface area contributed by atoms with E-state index in [1.54, 1.807) is 0 Å². The molecule has 1 aliphatic heterocycles. The van der Waals surface area contributed by atoms with E-state index in [1.165, 1.54) is 7.11 Å². The van der Waals surface area contributed by atoms with Gasteiger partial charge in [0, 0.05) is 12.2 Å². The van der Waals surface area contributed by atoms with Gasteiger partial charge >= 0.3 is 5.97 Å². The van der Waals surface area contributed by atoms with Crippen LogP contribution in [0.25, 0.3) is 0 Å². The number of hydrogen-bond donors (Lipinski definition) is 0. The predicted octanol–water partition coefficient (Wildman–Crippen LogP) is 1.92. The molecule has 4 nitrogen and oxygen atoms in total. The van der Waals surface area contributed by atoms with Crippen LogP contribution in [-0.2, 0) is 9.53 Å². The van der Waals surface area contributed by atoms with Gasteiger partial charge in [0.25, 0.3) is 0 Å². The number of methoxy groups -OCH3 is 1. The summed E-state index contributed by atoms with van der Waals surface area (Å²) in [6.07, 6.45) is 3.02. The second-order valence-electron chi connectivity index (χ2n) is 4.37. The first-order chi connectivity index (χ1) is 8.22. The first-order valence-corrected chi connectivity index (χ1v) is 6.00. The number of hydrogen-bond acceptors (Lipinski definition) is 4. The molecule has 2 rings (SSSR count). The number of piperidine rings is 1. The summed E-state index contributed by atoms with van der Waals surface area (Å²) >= 11 is 0. The first kappa shape index (κ1) is 11.9. The average molecular weight is 234 g/mol. The Morgan fingerprint density at radius 3 is 3.00 bits per heavy atom. The molecule has 0 amide bonds. The molecule has 92 valence electrons. The van der Waals surface area contributed by atoms with Crippen LogP contribution in [0.4, 0.5) is 5.82 Å². The maximum absolute atomic E-state index is 11.7. The van der Waals surface area contributed by atoms with Gasteiger partial charge in [-0.2, -0.15) is 0 Å². The lowest BCUT2D eigenvalue weighted by Crippen LogP contribution is -2.45. The fraction of sp³-hybridized carbons (Fsp3) is 0.538. The smallest absolute Gasteiger partial charge is 0.328 e. The topological polar surface area (TPSA) is 42.4 Å². The SMILES string of the molecule is COC(=O)C1CCCCN1c1cccc(C)n1. The Kier molecular flexibility index (Phi) is 3.61. The van der Waals surface area contributed by atoms with E-state index in [2.05, 4.69) is 9.88 Å². The lowest BCUT2D eigenvalue weighted by Gasteiger charge is -2.34. The minimum absolute atomic E-state index is 0.159. The van der Waals surface area contributed by atoms with Gasteiger partial charge in [0.1, 0.15) is 11.9 Å². The molecule has 1 saturated heterocycles. The standard InChI is InChI=1S/C13H18N2O2/c1-10-6-5-8-12(14-10)15-9-4-3-7-11(15)13(16)17-2/h5-6,8,11H,3-4,7,9H2,1-2H3. The van der Waals surface area contributed by atoms with E-state index in [0.29, 0.717) is 0 Å². The maximum Gasteiger partial charge on any atom is 0.328 e. The highest BCUT2D eigenvalue weighted by molar-refractivity contribution is 5.79. The van der Waals surface area contributed by atoms with E-state index in [0.717, 1.165) is 37.3 Å². The molecule has 0 spiro atoms. The van der Waals surface area contributed by atoms with Gasteiger partial charge < -0.3 is 9.64 Å². The third-order valence-electron chi connectivity index (χ3n) is 3.14. The second-order valence-corrected chi connectivity index (χ2v) is 4.37. The summed E-state index contributed by atoms with van der Waals surface area (Å²) in [4.78, 5) is 18.3. The molecule has 1 aliphatic rings. The molecule has 0 N–H and O–H groups in total. The third kappa shape index (κ3) is 2.57. The Bertz CT molecular complexity index is 406. The van der Waals surface area contributed by atoms with Gasteiger partial charge in [-0.3, -0.25) is 0 Å². The van der Waals surface area contributed by atoms with Crippen LogP contribution < -0.4 is 4.90 Å². The van der Waals surface area contributed by atoms with E-state index < -0.39 is 0 Å². The molecule has 0 aromatic carbocycles. The van der Waals surface area contributed by atoms with Gasteiger partial charge in [-0.15, -0.1) is 0 Å². The van der Waals surface area contributed by atoms with Crippen LogP contribution in [0.2, 0.25) is 0 Å². The Morgan fingerprint density at radius 1 is 1.47 bits per heavy atom. The number of esters is 1. The molecular formula is C13H18N2O2. The van der Waals surface area contributed by atoms with Gasteiger partial charge in [-0.1, -0.05) is 6.07 Å². The van der Waals surface area contributed by atoms with Gasteiger partial charge in [0.2, 0.25) is 0 Å². The normalized spacial score (nSPS) is 20.1. The monoisotopic (exact) mass is 234 g/mol. The molecular weight excluding hydrogens is 216 g/mol. The summed E-state index contributed by atoms with van der Waals surface area (Å²) in [5.41, 5.74) is 0.969. The Labute approximate surface area is 102 Å². The van der Waals surface area contributed by atoms with E-state index in [9.17, 15) is 4.79 Å². The first-order valence-electron chi connectivity index (χ1n) is 6.00. The number of carbonyl (C=O) groups excluding carboxylic acids is 1. The van der Waals surface area contributed by atoms with Crippen LogP contribution in [0, 0.1) is 6.92 Å². The van der Waals surface area contributed by atoms with E-state index in [1.807, 2.05) is 25.1 Å². The van der Waals surface area contributed by atoms with Gasteiger partial charge in [-0.05, 0) is 38.3 Å². The van der Waals surface area contributed by atoms with Crippen molar-refractivity contribution in [2.75, 3.05) is 18.6 Å². The minimum atomic E-state index is -0.178. The van der Waals surface area contributed by atoms with Crippen LogP contribution in [0.3, 0.4) is 0 Å². The summed E-state index contributed by atoms with van der Waals surface area (Å²) in [6.45, 7) is 2.83. The van der Waals surface area contributed by atoms with Crippen LogP contribution in [0.15, 0.2) is 18.2 Å². The molecule has 17 heavy (non-hydrogen) atoms. The van der Waals surface area contributed by atoms with E-state index in [4.69, 9.17) is 4.74 Å². The van der Waals surface area contributed by atoms with Crippen molar-refractivity contribution in [1.82, 2.24) is 4.98 Å². The number of rotatable bonds is 2. The minimum Gasteiger partial charge on any atom is -0.467 e. The molecule has 0 saturated carbocycles. The van der Waals surface area contributed by atoms with Crippen molar-refractivity contribution in [3.8, 4) is 0 Å². The highest BCUT2D eigenvalue weighted by Crippen LogP contribution is 2.23.